The zero-order valence-corrected chi connectivity index (χ0v) is 76.2. The number of benzene rings is 3. The summed E-state index contributed by atoms with van der Waals surface area (Å²) >= 11 is 0. The van der Waals surface area contributed by atoms with E-state index in [9.17, 15) is 91.4 Å². The standard InChI is InChI=1S/C82H111B15N7O19PS2/c1-9-56(82(122)123)25-27-61(105)43-57(26-32-72(112)98-47-62(106)44-58(40-53-19-13-10-14-20-53)78(118)102-66(37-50(2)3)69(109)29-34-74(114)124(8)91)77(117)101-65(81(121)100-49-64(108)46-60(42-55-23-17-12-18-24-55)80(120)104-68(39-52(6)7)71(111)31-36-76(116)126(94-85,95-86)97(89)90)28-33-73(113)99-48-63(107)45-59(41-54-21-15-11-16-22-54)79(119)103-67(38-51(4)5)70(110)30-35-75(115)125(92-83,93-84)96(87)88/h10-24,50-52,56-60,65-68H,9,25-49H2,1-8H3,(H,98,112)(H,99,113)(H,100,121)(H,101,117)(H,102,118)(H,103,119)(H,104,120)(H,122,123). The first-order valence-corrected chi connectivity index (χ1v) is 47.9. The molecule has 7 amide bonds. The predicted molar refractivity (Wildman–Crippen MR) is 509 cm³/mol. The van der Waals surface area contributed by atoms with E-state index in [4.69, 9.17) is 69.5 Å². The number of hydrogen-bond donors (Lipinski definition) is 8. The SMILES string of the molecule is [B]B=S(=B[B])(B([B])[B])C(=O)CCC(=O)C(CC(C)C)NC(=O)C(CC(=O)CNC(=O)CCC(NC(=O)C(CCC(=O)NCC(=O)CC(Cc1ccccc1)C(=O)NC(CC(C)C)C(=O)CCC(=O)P([B])C)CC(=O)CCC(CC)C(=O)O)C(=O)NCC(=O)CC(Cc1ccccc1)C(=O)NC(CC(C)C)C(=O)CCC(=O)S(=B[B])(=B[B])B([B])[B])Cc1ccccc1. The van der Waals surface area contributed by atoms with Crippen molar-refractivity contribution in [1.29, 1.82) is 0 Å². The first kappa shape index (κ1) is 112. The quantitative estimate of drug-likeness (QED) is 0.0297. The average Bonchev–Trinajstić information content (AvgIpc) is 0.496. The molecule has 0 bridgehead atoms. The van der Waals surface area contributed by atoms with Crippen LogP contribution in [0, 0.1) is 47.3 Å². The average molecular weight is 1760 g/mol. The number of nitrogens with one attached hydrogen (secondary N) is 7. The molecule has 44 heteroatoms. The van der Waals surface area contributed by atoms with Gasteiger partial charge in [0.2, 0.25) is 29.5 Å². The molecular formula is C82H111B15N7O19PS2. The third-order valence-electron chi connectivity index (χ3n) is 21.4. The van der Waals surface area contributed by atoms with E-state index in [1.807, 2.05) is 27.7 Å². The normalized spacial score (nSPS) is 13.6. The third-order valence-corrected chi connectivity index (χ3v) is 28.0. The molecule has 10 unspecified atom stereocenters. The first-order valence-electron chi connectivity index (χ1n) is 42.4. The summed E-state index contributed by atoms with van der Waals surface area (Å²) < 4.78 is 0. The zero-order chi connectivity index (χ0) is 94.6. The summed E-state index contributed by atoms with van der Waals surface area (Å²) in [6.45, 7) is 12.0. The number of hydrogen-bond acceptors (Lipinski definition) is 18. The molecule has 0 fully saturated rings. The number of carboxylic acid groups (broad SMARTS) is 1. The Hall–Kier alpha value is -7.78. The van der Waals surface area contributed by atoms with Gasteiger partial charge in [-0.1, -0.05) is 95.3 Å². The molecule has 0 aliphatic rings. The Morgan fingerprint density at radius 3 is 0.992 bits per heavy atom. The number of carbonyl (C=O) groups excluding carboxylic acids is 17. The molecule has 3 rings (SSSR count). The van der Waals surface area contributed by atoms with Crippen LogP contribution in [0.1, 0.15) is 194 Å². The van der Waals surface area contributed by atoms with Crippen LogP contribution >= 0.6 is 25.3 Å². The van der Waals surface area contributed by atoms with Gasteiger partial charge in [0.05, 0.1) is 18.5 Å². The van der Waals surface area contributed by atoms with Crippen molar-refractivity contribution in [3.8, 4) is 0 Å². The maximum absolute atomic E-state index is 14.9. The smallest absolute Gasteiger partial charge is 0.0622 e. The number of amides is 7. The van der Waals surface area contributed by atoms with Crippen LogP contribution in [0.5, 0.6) is 0 Å². The number of rotatable bonds is 61. The van der Waals surface area contributed by atoms with Gasteiger partial charge in [-0.15, -0.1) is 0 Å². The molecule has 0 aliphatic heterocycles. The van der Waals surface area contributed by atoms with Crippen LogP contribution in [-0.2, 0) is 106 Å². The first-order chi connectivity index (χ1) is 59.5. The van der Waals surface area contributed by atoms with E-state index in [1.165, 1.54) is 0 Å². The fourth-order valence-corrected chi connectivity index (χ4v) is 17.5. The second-order valence-electron chi connectivity index (χ2n) is 32.9. The van der Waals surface area contributed by atoms with Gasteiger partial charge in [-0.3, -0.25) is 47.9 Å². The van der Waals surface area contributed by atoms with E-state index in [2.05, 4.69) is 37.2 Å². The van der Waals surface area contributed by atoms with Crippen LogP contribution in [-0.4, -0.2) is 264 Å². The van der Waals surface area contributed by atoms with Gasteiger partial charge in [0.1, 0.15) is 24.9 Å². The van der Waals surface area contributed by atoms with Gasteiger partial charge in [-0.25, -0.2) is 0 Å². The van der Waals surface area contributed by atoms with E-state index in [1.54, 1.807) is 118 Å². The van der Waals surface area contributed by atoms with Crippen molar-refractivity contribution in [2.75, 3.05) is 26.3 Å². The third kappa shape index (κ3) is 40.5. The summed E-state index contributed by atoms with van der Waals surface area (Å²) in [7, 11) is 45.4. The summed E-state index contributed by atoms with van der Waals surface area (Å²) in [5.74, 6) is -19.9. The molecule has 0 heterocycles. The Bertz CT molecular complexity index is 4520. The molecule has 126 heavy (non-hydrogen) atoms. The van der Waals surface area contributed by atoms with Crippen LogP contribution < -0.4 is 37.2 Å². The summed E-state index contributed by atoms with van der Waals surface area (Å²) in [5, 5.41) is 27.1. The molecule has 0 saturated carbocycles. The summed E-state index contributed by atoms with van der Waals surface area (Å²) in [4.78, 5) is 250. The van der Waals surface area contributed by atoms with Gasteiger partial charge in [0.25, 0.3) is 0 Å². The van der Waals surface area contributed by atoms with E-state index in [0.717, 1.165) is 24.2 Å². The summed E-state index contributed by atoms with van der Waals surface area (Å²) in [5.41, 5.74) is 1.63. The Morgan fingerprint density at radius 1 is 0.381 bits per heavy atom. The van der Waals surface area contributed by atoms with Crippen molar-refractivity contribution in [2.24, 2.45) is 47.3 Å². The summed E-state index contributed by atoms with van der Waals surface area (Å²) in [6.07, 6.45) is -5.98. The Balaban J connectivity index is 2.08. The molecule has 18 radical (unpaired) electrons. The number of carbonyl (C=O) groups is 18. The molecule has 3 aromatic rings. The van der Waals surface area contributed by atoms with Gasteiger partial charge in [-0.05, 0) is 56.7 Å². The summed E-state index contributed by atoms with van der Waals surface area (Å²) in [6, 6.07) is 24.9. The monoisotopic (exact) mass is 1760 g/mol. The number of ketones is 7. The van der Waals surface area contributed by atoms with Crippen molar-refractivity contribution >= 4 is 234 Å². The van der Waals surface area contributed by atoms with Crippen molar-refractivity contribution in [3.63, 3.8) is 0 Å². The molecule has 0 aromatic heterocycles. The molecule has 8 N–H and O–H groups in total. The van der Waals surface area contributed by atoms with Gasteiger partial charge < -0.3 is 31.7 Å². The van der Waals surface area contributed by atoms with Crippen molar-refractivity contribution < 1.29 is 91.4 Å². The molecule has 0 aliphatic carbocycles. The molecular weight excluding hydrogens is 1640 g/mol. The second kappa shape index (κ2) is 58.7. The van der Waals surface area contributed by atoms with E-state index >= 15 is 0 Å². The van der Waals surface area contributed by atoms with Gasteiger partial charge >= 0.3 is 391 Å². The Morgan fingerprint density at radius 2 is 0.683 bits per heavy atom. The molecule has 26 nitrogen and oxygen atoms in total. The van der Waals surface area contributed by atoms with Crippen LogP contribution in [0.4, 0.5) is 0 Å². The second-order valence-corrected chi connectivity index (χ2v) is 40.8. The van der Waals surface area contributed by atoms with Crippen LogP contribution in [0.3, 0.4) is 0 Å². The predicted octanol–water partition coefficient (Wildman–Crippen LogP) is 2.78. The minimum absolute atomic E-state index is 0.0143. The molecule has 10 atom stereocenters. The number of aliphatic carboxylic acids is 1. The minimum atomic E-state index is -2.84. The molecule has 0 spiro atoms. The van der Waals surface area contributed by atoms with Crippen molar-refractivity contribution in [3.05, 3.63) is 108 Å². The van der Waals surface area contributed by atoms with Gasteiger partial charge in [0, 0.05) is 56.8 Å². The van der Waals surface area contributed by atoms with Crippen molar-refractivity contribution in [2.45, 2.75) is 220 Å². The van der Waals surface area contributed by atoms with Gasteiger partial charge in [0.15, 0.2) is 11.6 Å². The number of Topliss-reactive ketones (excluding diaryl/α,β-unsaturated/α-hetero) is 7. The molecule has 0 saturated heterocycles. The Kier molecular flexibility index (Phi) is 52.4. The fraction of sp³-hybridized carbons (Fsp3) is 0.561. The van der Waals surface area contributed by atoms with Crippen molar-refractivity contribution in [1.82, 2.24) is 37.2 Å². The van der Waals surface area contributed by atoms with Crippen LogP contribution in [0.15, 0.2) is 91.0 Å². The maximum atomic E-state index is 14.9. The number of carboxylic acids is 1. The topological polar surface area (TPSA) is 412 Å². The van der Waals surface area contributed by atoms with E-state index < -0.39 is 260 Å². The van der Waals surface area contributed by atoms with E-state index in [-0.39, 0.29) is 120 Å². The van der Waals surface area contributed by atoms with E-state index in [0.29, 0.717) is 16.7 Å². The zero-order valence-electron chi connectivity index (χ0n) is 73.7. The van der Waals surface area contributed by atoms with Crippen LogP contribution in [0.25, 0.3) is 0 Å². The molecule has 650 valence electrons. The Labute approximate surface area is 759 Å². The minimum Gasteiger partial charge on any atom is -0.0622 e. The van der Waals surface area contributed by atoms with Gasteiger partial charge in [-0.2, -0.15) is 0 Å². The fourth-order valence-electron chi connectivity index (χ4n) is 14.0. The van der Waals surface area contributed by atoms with Crippen LogP contribution in [0.2, 0.25) is 0 Å². The molecule has 3 aromatic carbocycles.